The van der Waals surface area contributed by atoms with Gasteiger partial charge in [0.1, 0.15) is 46.4 Å². The SMILES string of the molecule is [Br-].[Br-].c1ccc2c([P+](Cc3ccc(Cc4ccc(C[P+](c5cccc6ccccc56)(c5cccc6ccccc56)c5cccc6ccccc56)cc4)cc3)(c3cccc4ccccc34)c3cccc4ccccc34)cccc2c1. The lowest BCUT2D eigenvalue weighted by Crippen LogP contribution is -3.00. The lowest BCUT2D eigenvalue weighted by atomic mass is 10.0. The summed E-state index contributed by atoms with van der Waals surface area (Å²) in [5.74, 6) is 0. The molecule has 4 heteroatoms. The van der Waals surface area contributed by atoms with E-state index in [1.54, 1.807) is 0 Å². The van der Waals surface area contributed by atoms with Crippen LogP contribution in [0.15, 0.2) is 303 Å². The molecule has 14 aromatic rings. The molecule has 0 fully saturated rings. The Hall–Kier alpha value is -7.54. The zero-order valence-corrected chi connectivity index (χ0v) is 48.6. The Kier molecular flexibility index (Phi) is 14.7. The smallest absolute Gasteiger partial charge is 0.118 e. The van der Waals surface area contributed by atoms with Gasteiger partial charge in [0, 0.05) is 32.3 Å². The molecule has 0 aromatic heterocycles. The Bertz CT molecular complexity index is 3810. The third-order valence-electron chi connectivity index (χ3n) is 16.4. The summed E-state index contributed by atoms with van der Waals surface area (Å²) in [4.78, 5) is 0. The summed E-state index contributed by atoms with van der Waals surface area (Å²) < 4.78 is 0. The minimum absolute atomic E-state index is 0. The van der Waals surface area contributed by atoms with E-state index in [2.05, 4.69) is 303 Å². The molecule has 0 N–H and O–H groups in total. The third kappa shape index (κ3) is 9.30. The number of halogens is 2. The van der Waals surface area contributed by atoms with E-state index >= 15 is 0 Å². The number of fused-ring (bicyclic) bond motifs is 6. The molecule has 14 rings (SSSR count). The highest BCUT2D eigenvalue weighted by molar-refractivity contribution is 7.96. The van der Waals surface area contributed by atoms with Crippen LogP contribution in [0, 0.1) is 0 Å². The molecule has 0 amide bonds. The van der Waals surface area contributed by atoms with Gasteiger partial charge in [-0.1, -0.05) is 267 Å². The first-order valence-corrected chi connectivity index (χ1v) is 30.9. The molecule has 0 radical (unpaired) electrons. The van der Waals surface area contributed by atoms with Crippen molar-refractivity contribution in [1.82, 2.24) is 0 Å². The van der Waals surface area contributed by atoms with Crippen molar-refractivity contribution in [2.24, 2.45) is 0 Å². The second-order valence-corrected chi connectivity index (χ2v) is 27.5. The topological polar surface area (TPSA) is 0 Å². The van der Waals surface area contributed by atoms with Gasteiger partial charge in [-0.3, -0.25) is 0 Å². The molecular formula is C75H56Br2P2. The normalized spacial score (nSPS) is 11.7. The van der Waals surface area contributed by atoms with Crippen molar-refractivity contribution in [2.45, 2.75) is 18.7 Å². The van der Waals surface area contributed by atoms with Gasteiger partial charge < -0.3 is 34.0 Å². The number of rotatable bonds is 12. The van der Waals surface area contributed by atoms with Crippen LogP contribution >= 0.6 is 14.5 Å². The van der Waals surface area contributed by atoms with Crippen LogP contribution < -0.4 is 65.8 Å². The minimum atomic E-state index is -2.42. The summed E-state index contributed by atoms with van der Waals surface area (Å²) >= 11 is 0. The van der Waals surface area contributed by atoms with Gasteiger partial charge in [0.25, 0.3) is 0 Å². The summed E-state index contributed by atoms with van der Waals surface area (Å²) in [5.41, 5.74) is 5.33. The number of hydrogen-bond donors (Lipinski definition) is 0. The molecular weight excluding hydrogens is 1120 g/mol. The van der Waals surface area contributed by atoms with Crippen LogP contribution in [-0.4, -0.2) is 0 Å². The molecule has 0 saturated heterocycles. The highest BCUT2D eigenvalue weighted by Gasteiger charge is 2.50. The highest BCUT2D eigenvalue weighted by Crippen LogP contribution is 2.63. The van der Waals surface area contributed by atoms with Gasteiger partial charge in [0.05, 0.1) is 12.3 Å². The molecule has 0 heterocycles. The molecule has 0 nitrogen and oxygen atoms in total. The maximum atomic E-state index is 2.44. The minimum Gasteiger partial charge on any atom is -1.00 e. The van der Waals surface area contributed by atoms with Crippen LogP contribution in [0.4, 0.5) is 0 Å². The summed E-state index contributed by atoms with van der Waals surface area (Å²) in [7, 11) is -4.84. The van der Waals surface area contributed by atoms with Crippen LogP contribution in [0.1, 0.15) is 22.3 Å². The molecule has 0 unspecified atom stereocenters. The summed E-state index contributed by atoms with van der Waals surface area (Å²) in [5, 5.41) is 24.2. The average Bonchev–Trinajstić information content (AvgIpc) is 3.68. The molecule has 0 spiro atoms. The Morgan fingerprint density at radius 2 is 0.354 bits per heavy atom. The maximum absolute atomic E-state index is 2.44. The highest BCUT2D eigenvalue weighted by atomic mass is 79.9. The van der Waals surface area contributed by atoms with Crippen LogP contribution in [0.2, 0.25) is 0 Å². The fraction of sp³-hybridized carbons (Fsp3) is 0.0400. The fourth-order valence-electron chi connectivity index (χ4n) is 12.8. The molecule has 0 bridgehead atoms. The first-order chi connectivity index (χ1) is 38.1. The van der Waals surface area contributed by atoms with Crippen LogP contribution in [0.25, 0.3) is 64.6 Å². The van der Waals surface area contributed by atoms with Crippen molar-refractivity contribution in [3.63, 3.8) is 0 Å². The number of benzene rings is 14. The Morgan fingerprint density at radius 1 is 0.177 bits per heavy atom. The van der Waals surface area contributed by atoms with Gasteiger partial charge in [0.2, 0.25) is 0 Å². The Morgan fingerprint density at radius 3 is 0.570 bits per heavy atom. The lowest BCUT2D eigenvalue weighted by Gasteiger charge is -2.31. The van der Waals surface area contributed by atoms with Crippen molar-refractivity contribution >= 4 is 111 Å². The van der Waals surface area contributed by atoms with Gasteiger partial charge in [-0.25, -0.2) is 0 Å². The molecule has 0 saturated carbocycles. The van der Waals surface area contributed by atoms with Gasteiger partial charge in [-0.05, 0) is 97.4 Å². The second kappa shape index (κ2) is 22.3. The van der Waals surface area contributed by atoms with Crippen molar-refractivity contribution in [3.8, 4) is 0 Å². The second-order valence-electron chi connectivity index (χ2n) is 20.7. The van der Waals surface area contributed by atoms with Gasteiger partial charge in [0.15, 0.2) is 0 Å². The monoisotopic (exact) mass is 1180 g/mol. The van der Waals surface area contributed by atoms with E-state index in [0.29, 0.717) is 0 Å². The number of hydrogen-bond acceptors (Lipinski definition) is 0. The molecule has 380 valence electrons. The summed E-state index contributed by atoms with van der Waals surface area (Å²) in [6, 6.07) is 115. The standard InChI is InChI=1S/C75H56P2.2BrH/c1-7-31-64-58(19-1)25-13-37-70(64)76(71-38-14-26-59-20-2-8-32-65(59)71,72-39-15-27-60-21-3-9-33-66(60)72)52-56-47-43-54(44-48-56)51-55-45-49-57(50-46-55)53-77(73-40-16-28-61-22-4-10-34-67(61)73,74-41-17-29-62-23-5-11-35-68(62)74)75-42-18-30-63-24-6-12-36-69(63)75;;/h1-50H,51-53H2;2*1H/q+2;;/p-2. The zero-order chi connectivity index (χ0) is 51.2. The maximum Gasteiger partial charge on any atom is 0.118 e. The fourth-order valence-corrected chi connectivity index (χ4v) is 22.7. The third-order valence-corrected chi connectivity index (χ3v) is 25.3. The molecule has 14 aromatic carbocycles. The van der Waals surface area contributed by atoms with E-state index in [1.807, 2.05) is 0 Å². The van der Waals surface area contributed by atoms with E-state index in [0.717, 1.165) is 18.7 Å². The average molecular weight is 1180 g/mol. The van der Waals surface area contributed by atoms with Gasteiger partial charge in [-0.2, -0.15) is 0 Å². The molecule has 0 aliphatic rings. The van der Waals surface area contributed by atoms with E-state index in [4.69, 9.17) is 0 Å². The summed E-state index contributed by atoms with van der Waals surface area (Å²) in [6.07, 6.45) is 2.65. The predicted molar refractivity (Wildman–Crippen MR) is 338 cm³/mol. The van der Waals surface area contributed by atoms with Crippen LogP contribution in [0.3, 0.4) is 0 Å². The Balaban J connectivity index is 0.00000312. The van der Waals surface area contributed by atoms with Gasteiger partial charge in [-0.15, -0.1) is 0 Å². The van der Waals surface area contributed by atoms with Crippen molar-refractivity contribution in [2.75, 3.05) is 0 Å². The molecule has 0 aliphatic carbocycles. The largest absolute Gasteiger partial charge is 1.00 e. The first kappa shape index (κ1) is 52.2. The van der Waals surface area contributed by atoms with E-state index in [-0.39, 0.29) is 34.0 Å². The van der Waals surface area contributed by atoms with Crippen LogP contribution in [-0.2, 0) is 18.7 Å². The van der Waals surface area contributed by atoms with E-state index < -0.39 is 14.5 Å². The van der Waals surface area contributed by atoms with Crippen molar-refractivity contribution in [1.29, 1.82) is 0 Å². The Labute approximate surface area is 485 Å². The lowest BCUT2D eigenvalue weighted by molar-refractivity contribution is -0.00100. The quantitative estimate of drug-likeness (QED) is 0.107. The molecule has 0 aliphatic heterocycles. The zero-order valence-electron chi connectivity index (χ0n) is 43.6. The van der Waals surface area contributed by atoms with E-state index in [9.17, 15) is 0 Å². The van der Waals surface area contributed by atoms with Gasteiger partial charge >= 0.3 is 0 Å². The van der Waals surface area contributed by atoms with Crippen molar-refractivity contribution in [3.05, 3.63) is 326 Å². The molecule has 0 atom stereocenters. The first-order valence-electron chi connectivity index (χ1n) is 27.0. The van der Waals surface area contributed by atoms with Crippen molar-refractivity contribution < 1.29 is 34.0 Å². The van der Waals surface area contributed by atoms with Crippen LogP contribution in [0.5, 0.6) is 0 Å². The van der Waals surface area contributed by atoms with E-state index in [1.165, 1.54) is 119 Å². The predicted octanol–water partition coefficient (Wildman–Crippen LogP) is 11.2. The molecule has 79 heavy (non-hydrogen) atoms. The summed E-state index contributed by atoms with van der Waals surface area (Å²) in [6.45, 7) is 0.